The maximum absolute atomic E-state index is 8.73. The lowest BCUT2D eigenvalue weighted by Crippen LogP contribution is -2.15. The molecule has 0 fully saturated rings. The number of aliphatic hydroxyl groups is 1. The smallest absolute Gasteiger partial charge is 0.120 e. The molecule has 0 saturated heterocycles. The number of rotatable bonds is 3. The van der Waals surface area contributed by atoms with Crippen LogP contribution in [0.1, 0.15) is 6.92 Å². The van der Waals surface area contributed by atoms with E-state index in [1.54, 1.807) is 0 Å². The third-order valence-electron chi connectivity index (χ3n) is 1.39. The molecule has 0 amide bonds. The molecule has 0 saturated carbocycles. The van der Waals surface area contributed by atoms with Gasteiger partial charge in [0.25, 0.3) is 0 Å². The number of hydrogen-bond acceptors (Lipinski definition) is 2. The number of benzene rings is 1. The van der Waals surface area contributed by atoms with Crippen LogP contribution >= 0.6 is 15.9 Å². The molecule has 0 radical (unpaired) electrons. The van der Waals surface area contributed by atoms with E-state index in [4.69, 9.17) is 9.84 Å². The fraction of sp³-hybridized carbons (Fsp3) is 0.333. The molecule has 12 heavy (non-hydrogen) atoms. The minimum absolute atomic E-state index is 0.0342. The summed E-state index contributed by atoms with van der Waals surface area (Å²) in [6, 6.07) is 7.54. The van der Waals surface area contributed by atoms with E-state index in [0.29, 0.717) is 0 Å². The molecule has 1 atom stereocenters. The minimum atomic E-state index is -0.153. The van der Waals surface area contributed by atoms with Gasteiger partial charge in [-0.2, -0.15) is 0 Å². The summed E-state index contributed by atoms with van der Waals surface area (Å²) in [5, 5.41) is 8.73. The standard InChI is InChI=1S/C9H11BrO2/c1-7(6-11)12-9-4-2-3-8(10)5-9/h2-5,7,11H,6H2,1H3/t7-/m1/s1. The zero-order valence-electron chi connectivity index (χ0n) is 6.83. The van der Waals surface area contributed by atoms with Gasteiger partial charge in [-0.1, -0.05) is 22.0 Å². The topological polar surface area (TPSA) is 29.5 Å². The number of aliphatic hydroxyl groups excluding tert-OH is 1. The number of halogens is 1. The van der Waals surface area contributed by atoms with E-state index in [9.17, 15) is 0 Å². The third-order valence-corrected chi connectivity index (χ3v) is 1.88. The zero-order valence-corrected chi connectivity index (χ0v) is 8.41. The van der Waals surface area contributed by atoms with Crippen molar-refractivity contribution in [1.82, 2.24) is 0 Å². The molecule has 2 nitrogen and oxygen atoms in total. The van der Waals surface area contributed by atoms with E-state index >= 15 is 0 Å². The van der Waals surface area contributed by atoms with Gasteiger partial charge >= 0.3 is 0 Å². The van der Waals surface area contributed by atoms with Crippen LogP contribution in [0.4, 0.5) is 0 Å². The van der Waals surface area contributed by atoms with Crippen molar-refractivity contribution >= 4 is 15.9 Å². The molecule has 0 bridgehead atoms. The van der Waals surface area contributed by atoms with Gasteiger partial charge in [0.2, 0.25) is 0 Å². The Hall–Kier alpha value is -0.540. The van der Waals surface area contributed by atoms with Crippen LogP contribution in [-0.4, -0.2) is 17.8 Å². The summed E-state index contributed by atoms with van der Waals surface area (Å²) in [5.74, 6) is 0.769. The first-order chi connectivity index (χ1) is 5.72. The van der Waals surface area contributed by atoms with Gasteiger partial charge in [0.1, 0.15) is 11.9 Å². The summed E-state index contributed by atoms with van der Waals surface area (Å²) >= 11 is 3.33. The second kappa shape index (κ2) is 4.48. The van der Waals surface area contributed by atoms with Gasteiger partial charge in [-0.3, -0.25) is 0 Å². The lowest BCUT2D eigenvalue weighted by atomic mass is 10.3. The monoisotopic (exact) mass is 230 g/mol. The highest BCUT2D eigenvalue weighted by atomic mass is 79.9. The molecule has 66 valence electrons. The third kappa shape index (κ3) is 2.83. The molecule has 0 aliphatic rings. The summed E-state index contributed by atoms with van der Waals surface area (Å²) in [6.45, 7) is 1.85. The molecule has 0 aromatic heterocycles. The Morgan fingerprint density at radius 2 is 2.33 bits per heavy atom. The van der Waals surface area contributed by atoms with Crippen molar-refractivity contribution in [1.29, 1.82) is 0 Å². The molecule has 0 aliphatic carbocycles. The van der Waals surface area contributed by atoms with E-state index in [2.05, 4.69) is 15.9 Å². The first-order valence-electron chi connectivity index (χ1n) is 3.75. The van der Waals surface area contributed by atoms with Gasteiger partial charge < -0.3 is 9.84 Å². The van der Waals surface area contributed by atoms with Crippen LogP contribution in [-0.2, 0) is 0 Å². The van der Waals surface area contributed by atoms with Gasteiger partial charge in [-0.15, -0.1) is 0 Å². The van der Waals surface area contributed by atoms with Crippen LogP contribution in [0.15, 0.2) is 28.7 Å². The molecule has 1 aromatic carbocycles. The van der Waals surface area contributed by atoms with Crippen molar-refractivity contribution < 1.29 is 9.84 Å². The SMILES string of the molecule is C[C@H](CO)Oc1cccc(Br)c1. The Morgan fingerprint density at radius 3 is 2.92 bits per heavy atom. The largest absolute Gasteiger partial charge is 0.488 e. The van der Waals surface area contributed by atoms with Crippen LogP contribution in [0.25, 0.3) is 0 Å². The van der Waals surface area contributed by atoms with Gasteiger partial charge in [-0.25, -0.2) is 0 Å². The fourth-order valence-electron chi connectivity index (χ4n) is 0.810. The Bertz CT molecular complexity index is 250. The first kappa shape index (κ1) is 9.55. The maximum Gasteiger partial charge on any atom is 0.120 e. The Balaban J connectivity index is 2.63. The Kier molecular flexibility index (Phi) is 3.56. The fourth-order valence-corrected chi connectivity index (χ4v) is 1.19. The normalized spacial score (nSPS) is 12.6. The second-order valence-corrected chi connectivity index (χ2v) is 3.48. The van der Waals surface area contributed by atoms with E-state index in [1.165, 1.54) is 0 Å². The molecule has 1 N–H and O–H groups in total. The van der Waals surface area contributed by atoms with Crippen molar-refractivity contribution in [2.75, 3.05) is 6.61 Å². The second-order valence-electron chi connectivity index (χ2n) is 2.57. The van der Waals surface area contributed by atoms with Crippen LogP contribution in [0.2, 0.25) is 0 Å². The average molecular weight is 231 g/mol. The quantitative estimate of drug-likeness (QED) is 0.864. The zero-order chi connectivity index (χ0) is 8.97. The average Bonchev–Trinajstić information content (AvgIpc) is 2.04. The molecular weight excluding hydrogens is 220 g/mol. The minimum Gasteiger partial charge on any atom is -0.488 e. The lowest BCUT2D eigenvalue weighted by Gasteiger charge is -2.11. The van der Waals surface area contributed by atoms with Gasteiger partial charge in [-0.05, 0) is 25.1 Å². The summed E-state index contributed by atoms with van der Waals surface area (Å²) in [6.07, 6.45) is -0.153. The Labute approximate surface area is 80.3 Å². The molecule has 0 aliphatic heterocycles. The molecule has 3 heteroatoms. The maximum atomic E-state index is 8.73. The highest BCUT2D eigenvalue weighted by Gasteiger charge is 2.00. The molecule has 1 rings (SSSR count). The van der Waals surface area contributed by atoms with E-state index in [1.807, 2.05) is 31.2 Å². The van der Waals surface area contributed by atoms with Crippen molar-refractivity contribution in [2.45, 2.75) is 13.0 Å². The molecular formula is C9H11BrO2. The summed E-state index contributed by atoms with van der Waals surface area (Å²) < 4.78 is 6.34. The van der Waals surface area contributed by atoms with Crippen LogP contribution < -0.4 is 4.74 Å². The number of ether oxygens (including phenoxy) is 1. The van der Waals surface area contributed by atoms with Gasteiger partial charge in [0, 0.05) is 4.47 Å². The van der Waals surface area contributed by atoms with E-state index in [-0.39, 0.29) is 12.7 Å². The van der Waals surface area contributed by atoms with E-state index in [0.717, 1.165) is 10.2 Å². The van der Waals surface area contributed by atoms with Gasteiger partial charge in [0.15, 0.2) is 0 Å². The first-order valence-corrected chi connectivity index (χ1v) is 4.55. The van der Waals surface area contributed by atoms with Crippen molar-refractivity contribution in [2.24, 2.45) is 0 Å². The van der Waals surface area contributed by atoms with Crippen LogP contribution in [0.5, 0.6) is 5.75 Å². The molecule has 0 heterocycles. The van der Waals surface area contributed by atoms with Crippen LogP contribution in [0.3, 0.4) is 0 Å². The molecule has 0 unspecified atom stereocenters. The van der Waals surface area contributed by atoms with Crippen molar-refractivity contribution in [3.05, 3.63) is 28.7 Å². The molecule has 1 aromatic rings. The summed E-state index contributed by atoms with van der Waals surface area (Å²) in [4.78, 5) is 0. The lowest BCUT2D eigenvalue weighted by molar-refractivity contribution is 0.129. The molecule has 0 spiro atoms. The number of hydrogen-bond donors (Lipinski definition) is 1. The van der Waals surface area contributed by atoms with Crippen LogP contribution in [0, 0.1) is 0 Å². The summed E-state index contributed by atoms with van der Waals surface area (Å²) in [7, 11) is 0. The highest BCUT2D eigenvalue weighted by Crippen LogP contribution is 2.18. The predicted octanol–water partition coefficient (Wildman–Crippen LogP) is 2.21. The van der Waals surface area contributed by atoms with Crippen molar-refractivity contribution in [3.8, 4) is 5.75 Å². The van der Waals surface area contributed by atoms with Crippen molar-refractivity contribution in [3.63, 3.8) is 0 Å². The predicted molar refractivity (Wildman–Crippen MR) is 51.3 cm³/mol. The summed E-state index contributed by atoms with van der Waals surface area (Å²) in [5.41, 5.74) is 0. The Morgan fingerprint density at radius 1 is 1.58 bits per heavy atom. The van der Waals surface area contributed by atoms with Gasteiger partial charge in [0.05, 0.1) is 6.61 Å². The van der Waals surface area contributed by atoms with E-state index < -0.39 is 0 Å². The highest BCUT2D eigenvalue weighted by molar-refractivity contribution is 9.10.